The second-order valence-corrected chi connectivity index (χ2v) is 9.70. The second-order valence-electron chi connectivity index (χ2n) is 6.08. The molecule has 0 spiro atoms. The first-order valence-corrected chi connectivity index (χ1v) is 11.7. The van der Waals surface area contributed by atoms with Gasteiger partial charge in [-0.05, 0) is 30.3 Å². The van der Waals surface area contributed by atoms with Crippen LogP contribution in [0.5, 0.6) is 5.75 Å². The lowest BCUT2D eigenvalue weighted by atomic mass is 10.1. The number of sulfonamides is 1. The lowest BCUT2D eigenvalue weighted by Crippen LogP contribution is -2.13. The Morgan fingerprint density at radius 2 is 1.83 bits per heavy atom. The summed E-state index contributed by atoms with van der Waals surface area (Å²) in [6.45, 7) is 0. The van der Waals surface area contributed by atoms with Crippen LogP contribution in [0.1, 0.15) is 5.82 Å². The molecule has 0 bridgehead atoms. The van der Waals surface area contributed by atoms with E-state index in [0.717, 1.165) is 4.47 Å². The van der Waals surface area contributed by atoms with Gasteiger partial charge < -0.3 is 5.11 Å². The van der Waals surface area contributed by atoms with Crippen LogP contribution in [0.3, 0.4) is 0 Å². The van der Waals surface area contributed by atoms with Crippen molar-refractivity contribution in [2.24, 2.45) is 0 Å². The van der Waals surface area contributed by atoms with Gasteiger partial charge in [-0.15, -0.1) is 11.8 Å². The molecule has 3 aromatic carbocycles. The molecule has 0 radical (unpaired) electrons. The first-order valence-electron chi connectivity index (χ1n) is 8.44. The van der Waals surface area contributed by atoms with Crippen molar-refractivity contribution in [1.29, 1.82) is 0 Å². The van der Waals surface area contributed by atoms with E-state index in [4.69, 9.17) is 0 Å². The number of halogens is 1. The lowest BCUT2D eigenvalue weighted by molar-refractivity contribution is 0.469. The van der Waals surface area contributed by atoms with Crippen LogP contribution in [0, 0.1) is 0 Å². The summed E-state index contributed by atoms with van der Waals surface area (Å²) >= 11 is 4.63. The fourth-order valence-electron chi connectivity index (χ4n) is 2.79. The van der Waals surface area contributed by atoms with E-state index in [1.807, 2.05) is 0 Å². The molecule has 0 unspecified atom stereocenters. The van der Waals surface area contributed by atoms with E-state index >= 15 is 0 Å². The van der Waals surface area contributed by atoms with Crippen LogP contribution in [0.4, 0.5) is 5.69 Å². The Kier molecular flexibility index (Phi) is 5.48. The summed E-state index contributed by atoms with van der Waals surface area (Å²) < 4.78 is 29.2. The monoisotopic (exact) mass is 490 g/mol. The van der Waals surface area contributed by atoms with Gasteiger partial charge in [0.05, 0.1) is 21.2 Å². The number of benzene rings is 3. The summed E-state index contributed by atoms with van der Waals surface area (Å²) in [5, 5.41) is 18.5. The molecular weight excluding hydrogens is 476 g/mol. The highest BCUT2D eigenvalue weighted by Gasteiger charge is 2.19. The fraction of sp³-hybridized carbons (Fsp3) is 0.0526. The molecule has 0 atom stereocenters. The van der Waals surface area contributed by atoms with Gasteiger partial charge in [0.25, 0.3) is 10.0 Å². The van der Waals surface area contributed by atoms with Gasteiger partial charge in [-0.3, -0.25) is 9.82 Å². The number of aromatic nitrogens is 3. The lowest BCUT2D eigenvalue weighted by Gasteiger charge is -2.14. The number of rotatable bonds is 6. The Morgan fingerprint density at radius 3 is 2.52 bits per heavy atom. The van der Waals surface area contributed by atoms with E-state index in [9.17, 15) is 13.5 Å². The van der Waals surface area contributed by atoms with Crippen molar-refractivity contribution in [2.45, 2.75) is 15.5 Å². The highest BCUT2D eigenvalue weighted by molar-refractivity contribution is 9.10. The molecule has 29 heavy (non-hydrogen) atoms. The zero-order valence-electron chi connectivity index (χ0n) is 14.8. The summed E-state index contributed by atoms with van der Waals surface area (Å²) in [6.07, 6.45) is 1.48. The van der Waals surface area contributed by atoms with Gasteiger partial charge in [-0.25, -0.2) is 13.4 Å². The molecule has 7 nitrogen and oxygen atoms in total. The Labute approximate surface area is 179 Å². The molecule has 0 fully saturated rings. The third-order valence-corrected chi connectivity index (χ3v) is 7.11. The first-order chi connectivity index (χ1) is 13.9. The normalized spacial score (nSPS) is 11.6. The topological polar surface area (TPSA) is 108 Å². The van der Waals surface area contributed by atoms with Gasteiger partial charge >= 0.3 is 0 Å². The average molecular weight is 491 g/mol. The number of anilines is 1. The van der Waals surface area contributed by atoms with E-state index in [1.165, 1.54) is 30.2 Å². The predicted octanol–water partition coefficient (Wildman–Crippen LogP) is 4.52. The third-order valence-electron chi connectivity index (χ3n) is 4.17. The predicted molar refractivity (Wildman–Crippen MR) is 117 cm³/mol. The van der Waals surface area contributed by atoms with Crippen molar-refractivity contribution in [3.8, 4) is 5.75 Å². The summed E-state index contributed by atoms with van der Waals surface area (Å²) in [5.74, 6) is 1.10. The van der Waals surface area contributed by atoms with Crippen LogP contribution >= 0.6 is 27.7 Å². The molecule has 0 aliphatic heterocycles. The van der Waals surface area contributed by atoms with Crippen LogP contribution in [0.15, 0.2) is 75.2 Å². The number of phenolic OH excluding ortho intramolecular Hbond substituents is 1. The maximum Gasteiger partial charge on any atom is 0.261 e. The van der Waals surface area contributed by atoms with Crippen LogP contribution in [0.25, 0.3) is 10.8 Å². The summed E-state index contributed by atoms with van der Waals surface area (Å²) in [5.41, 5.74) is 0.388. The fourth-order valence-corrected chi connectivity index (χ4v) is 5.00. The number of fused-ring (bicyclic) bond motifs is 1. The van der Waals surface area contributed by atoms with E-state index < -0.39 is 10.0 Å². The van der Waals surface area contributed by atoms with Crippen molar-refractivity contribution >= 4 is 54.2 Å². The van der Waals surface area contributed by atoms with Crippen molar-refractivity contribution in [1.82, 2.24) is 15.2 Å². The Morgan fingerprint density at radius 1 is 1.10 bits per heavy atom. The third kappa shape index (κ3) is 4.24. The molecule has 3 N–H and O–H groups in total. The van der Waals surface area contributed by atoms with Crippen molar-refractivity contribution < 1.29 is 13.5 Å². The van der Waals surface area contributed by atoms with Gasteiger partial charge in [0.2, 0.25) is 0 Å². The number of nitrogens with one attached hydrogen (secondary N) is 2. The quantitative estimate of drug-likeness (QED) is 0.271. The number of nitrogens with zero attached hydrogens (tertiary/aromatic N) is 2. The molecule has 4 rings (SSSR count). The van der Waals surface area contributed by atoms with E-state index in [-0.39, 0.29) is 10.6 Å². The molecule has 0 aliphatic rings. The Bertz CT molecular complexity index is 1260. The van der Waals surface area contributed by atoms with Crippen molar-refractivity contribution in [3.63, 3.8) is 0 Å². The number of aromatic amines is 1. The molecule has 0 aliphatic carbocycles. The van der Waals surface area contributed by atoms with Crippen LogP contribution in [0.2, 0.25) is 0 Å². The maximum atomic E-state index is 12.9. The number of aromatic hydroxyl groups is 1. The molecular formula is C19H15BrN4O3S2. The zero-order valence-corrected chi connectivity index (χ0v) is 18.1. The van der Waals surface area contributed by atoms with Gasteiger partial charge in [-0.1, -0.05) is 40.2 Å². The summed E-state index contributed by atoms with van der Waals surface area (Å²) in [7, 11) is -3.80. The van der Waals surface area contributed by atoms with Gasteiger partial charge in [0.1, 0.15) is 12.1 Å². The van der Waals surface area contributed by atoms with Gasteiger partial charge in [-0.2, -0.15) is 5.10 Å². The number of hydrogen-bond donors (Lipinski definition) is 3. The highest BCUT2D eigenvalue weighted by atomic mass is 79.9. The molecule has 10 heteroatoms. The highest BCUT2D eigenvalue weighted by Crippen LogP contribution is 2.41. The van der Waals surface area contributed by atoms with Crippen LogP contribution < -0.4 is 4.72 Å². The molecule has 1 aromatic heterocycles. The SMILES string of the molecule is O=S(=O)(Nc1cc(SCc2nc[nH]n2)c(O)c2ccccc12)c1ccc(Br)cc1. The van der Waals surface area contributed by atoms with E-state index in [1.54, 1.807) is 42.5 Å². The van der Waals surface area contributed by atoms with Crippen LogP contribution in [-0.2, 0) is 15.8 Å². The van der Waals surface area contributed by atoms with E-state index in [0.29, 0.717) is 32.9 Å². The minimum Gasteiger partial charge on any atom is -0.506 e. The summed E-state index contributed by atoms with van der Waals surface area (Å²) in [6, 6.07) is 15.1. The smallest absolute Gasteiger partial charge is 0.261 e. The maximum absolute atomic E-state index is 12.9. The first kappa shape index (κ1) is 19.7. The number of thioether (sulfide) groups is 1. The molecule has 0 amide bonds. The minimum atomic E-state index is -3.80. The Balaban J connectivity index is 1.74. The standard InChI is InChI=1S/C19H15BrN4O3S2/c20-12-5-7-13(8-6-12)29(26,27)24-16-9-17(28-10-18-21-11-22-23-18)19(25)15-4-2-1-3-14(15)16/h1-9,11,24-25H,10H2,(H,21,22,23). The molecule has 148 valence electrons. The molecule has 1 heterocycles. The van der Waals surface area contributed by atoms with E-state index in [2.05, 4.69) is 35.8 Å². The van der Waals surface area contributed by atoms with Gasteiger partial charge in [0.15, 0.2) is 5.82 Å². The number of H-pyrrole nitrogens is 1. The Hall–Kier alpha value is -2.56. The average Bonchev–Trinajstić information content (AvgIpc) is 3.23. The minimum absolute atomic E-state index is 0.0905. The van der Waals surface area contributed by atoms with Crippen LogP contribution in [-0.4, -0.2) is 28.7 Å². The molecule has 0 saturated heterocycles. The number of hydrogen-bond acceptors (Lipinski definition) is 6. The zero-order chi connectivity index (χ0) is 20.4. The molecule has 4 aromatic rings. The van der Waals surface area contributed by atoms with Crippen molar-refractivity contribution in [2.75, 3.05) is 4.72 Å². The summed E-state index contributed by atoms with van der Waals surface area (Å²) in [4.78, 5) is 4.74. The van der Waals surface area contributed by atoms with Crippen molar-refractivity contribution in [3.05, 3.63) is 71.2 Å². The molecule has 0 saturated carbocycles. The number of phenols is 1. The van der Waals surface area contributed by atoms with Gasteiger partial charge in [0, 0.05) is 15.2 Å². The second kappa shape index (κ2) is 8.05. The largest absolute Gasteiger partial charge is 0.506 e.